The molecule has 6 rings (SSSR count). The van der Waals surface area contributed by atoms with E-state index in [9.17, 15) is 23.1 Å². The lowest BCUT2D eigenvalue weighted by molar-refractivity contribution is -0.0376. The molecule has 0 bridgehead atoms. The van der Waals surface area contributed by atoms with Crippen LogP contribution in [0.15, 0.2) is 47.4 Å². The molecule has 3 heterocycles. The zero-order chi connectivity index (χ0) is 28.2. The van der Waals surface area contributed by atoms with Gasteiger partial charge in [-0.15, -0.1) is 0 Å². The van der Waals surface area contributed by atoms with Gasteiger partial charge >= 0.3 is 5.97 Å². The average Bonchev–Trinajstić information content (AvgIpc) is 3.77. The van der Waals surface area contributed by atoms with Gasteiger partial charge in [-0.3, -0.25) is 8.98 Å². The second kappa shape index (κ2) is 9.86. The molecule has 1 aliphatic carbocycles. The van der Waals surface area contributed by atoms with E-state index in [4.69, 9.17) is 13.7 Å². The number of piperidine rings is 1. The van der Waals surface area contributed by atoms with Gasteiger partial charge in [0.1, 0.15) is 24.5 Å². The lowest BCUT2D eigenvalue weighted by Gasteiger charge is -2.47. The van der Waals surface area contributed by atoms with E-state index in [0.29, 0.717) is 5.52 Å². The number of hydrogen-bond acceptors (Lipinski definition) is 9. The van der Waals surface area contributed by atoms with E-state index in [2.05, 4.69) is 0 Å². The second-order valence-corrected chi connectivity index (χ2v) is 12.5. The second-order valence-electron chi connectivity index (χ2n) is 10.8. The van der Waals surface area contributed by atoms with Crippen molar-refractivity contribution in [1.82, 2.24) is 4.57 Å². The van der Waals surface area contributed by atoms with E-state index >= 15 is 4.39 Å². The maximum atomic E-state index is 15.7. The Balaban J connectivity index is 1.35. The monoisotopic (exact) mass is 572 g/mol. The number of nitrogens with zero attached hydrogens (tertiary/aromatic N) is 2. The number of aromatic nitrogens is 1. The van der Waals surface area contributed by atoms with Crippen LogP contribution in [0.5, 0.6) is 5.75 Å². The third-order valence-corrected chi connectivity index (χ3v) is 8.24. The summed E-state index contributed by atoms with van der Waals surface area (Å²) in [4.78, 5) is 28.3. The first-order valence-corrected chi connectivity index (χ1v) is 14.9. The molecule has 2 aromatic carbocycles. The van der Waals surface area contributed by atoms with Crippen molar-refractivity contribution in [2.75, 3.05) is 30.9 Å². The van der Waals surface area contributed by atoms with Crippen LogP contribution in [-0.2, 0) is 25.6 Å². The Labute approximate surface area is 230 Å². The minimum atomic E-state index is -3.74. The van der Waals surface area contributed by atoms with Gasteiger partial charge in [0.05, 0.1) is 35.4 Å². The van der Waals surface area contributed by atoms with E-state index in [-0.39, 0.29) is 61.0 Å². The highest BCUT2D eigenvalue weighted by molar-refractivity contribution is 7.85. The van der Waals surface area contributed by atoms with E-state index in [0.717, 1.165) is 30.7 Å². The molecule has 3 aliphatic rings. The van der Waals surface area contributed by atoms with Crippen LogP contribution in [0.2, 0.25) is 0 Å². The summed E-state index contributed by atoms with van der Waals surface area (Å²) in [7, 11) is -3.74. The summed E-state index contributed by atoms with van der Waals surface area (Å²) >= 11 is 0. The van der Waals surface area contributed by atoms with Gasteiger partial charge in [-0.2, -0.15) is 8.42 Å². The zero-order valence-electron chi connectivity index (χ0n) is 21.8. The largest absolute Gasteiger partial charge is 0.487 e. The van der Waals surface area contributed by atoms with E-state index in [1.807, 2.05) is 34.9 Å². The van der Waals surface area contributed by atoms with Crippen LogP contribution in [0.1, 0.15) is 47.6 Å². The van der Waals surface area contributed by atoms with Crippen molar-refractivity contribution in [1.29, 1.82) is 0 Å². The number of ether oxygens (including phenoxy) is 2. The van der Waals surface area contributed by atoms with Crippen molar-refractivity contribution in [2.24, 2.45) is 0 Å². The van der Waals surface area contributed by atoms with Crippen LogP contribution in [0.4, 0.5) is 10.1 Å². The first-order chi connectivity index (χ1) is 19.0. The number of carbonyl (C=O) groups excluding carboxylic acids is 1. The molecule has 1 N–H and O–H groups in total. The maximum Gasteiger partial charge on any atom is 0.343 e. The van der Waals surface area contributed by atoms with Crippen LogP contribution in [-0.4, -0.2) is 61.7 Å². The Kier molecular flexibility index (Phi) is 6.59. The molecule has 10 nitrogen and oxygen atoms in total. The molecule has 1 saturated carbocycles. The highest BCUT2D eigenvalue weighted by Crippen LogP contribution is 2.47. The fraction of sp³-hybridized carbons (Fsp3) is 0.429. The summed E-state index contributed by atoms with van der Waals surface area (Å²) in [6.07, 6.45) is 4.34. The van der Waals surface area contributed by atoms with E-state index < -0.39 is 45.6 Å². The number of aliphatic hydroxyl groups is 1. The number of carbonyl (C=O) groups is 1. The highest BCUT2D eigenvalue weighted by Gasteiger charge is 2.44. The summed E-state index contributed by atoms with van der Waals surface area (Å²) < 4.78 is 56.8. The molecule has 2 aliphatic heterocycles. The number of halogens is 1. The molecule has 0 spiro atoms. The lowest BCUT2D eigenvalue weighted by Crippen LogP contribution is -2.56. The molecular formula is C28H29FN2O8S. The molecule has 212 valence electrons. The summed E-state index contributed by atoms with van der Waals surface area (Å²) in [6, 6.07) is 9.84. The van der Waals surface area contributed by atoms with Crippen molar-refractivity contribution in [2.45, 2.75) is 50.0 Å². The van der Waals surface area contributed by atoms with Crippen molar-refractivity contribution in [3.05, 3.63) is 69.8 Å². The highest BCUT2D eigenvalue weighted by atomic mass is 32.2. The molecule has 2 atom stereocenters. The molecule has 0 radical (unpaired) electrons. The van der Waals surface area contributed by atoms with Crippen LogP contribution in [0.25, 0.3) is 10.9 Å². The Morgan fingerprint density at radius 2 is 1.98 bits per heavy atom. The fourth-order valence-electron chi connectivity index (χ4n) is 5.57. The molecule has 0 unspecified atom stereocenters. The van der Waals surface area contributed by atoms with E-state index in [1.165, 1.54) is 6.20 Å². The molecule has 2 fully saturated rings. The number of anilines is 1. The third-order valence-electron chi connectivity index (χ3n) is 7.69. The van der Waals surface area contributed by atoms with Crippen LogP contribution in [0.3, 0.4) is 0 Å². The fourth-order valence-corrected chi connectivity index (χ4v) is 6.00. The number of esters is 1. The number of hydrogen-bond donors (Lipinski definition) is 1. The van der Waals surface area contributed by atoms with Gasteiger partial charge in [-0.1, -0.05) is 30.3 Å². The summed E-state index contributed by atoms with van der Waals surface area (Å²) in [5.41, 5.74) is -0.839. The predicted octanol–water partition coefficient (Wildman–Crippen LogP) is 2.90. The zero-order valence-corrected chi connectivity index (χ0v) is 22.7. The van der Waals surface area contributed by atoms with Crippen LogP contribution in [0, 0.1) is 5.82 Å². The van der Waals surface area contributed by atoms with Gasteiger partial charge in [0.2, 0.25) is 5.43 Å². The predicted molar refractivity (Wildman–Crippen MR) is 144 cm³/mol. The van der Waals surface area contributed by atoms with Crippen LogP contribution < -0.4 is 15.1 Å². The minimum Gasteiger partial charge on any atom is -0.487 e. The Morgan fingerprint density at radius 3 is 2.67 bits per heavy atom. The molecule has 12 heteroatoms. The van der Waals surface area contributed by atoms with Gasteiger partial charge in [-0.05, 0) is 30.9 Å². The minimum absolute atomic E-state index is 0.000161. The topological polar surface area (TPSA) is 124 Å². The maximum absolute atomic E-state index is 15.7. The number of pyridine rings is 1. The Hall–Kier alpha value is -3.48. The quantitative estimate of drug-likeness (QED) is 0.336. The van der Waals surface area contributed by atoms with Crippen molar-refractivity contribution < 1.29 is 36.4 Å². The van der Waals surface area contributed by atoms with Gasteiger partial charge in [0.15, 0.2) is 11.6 Å². The summed E-state index contributed by atoms with van der Waals surface area (Å²) in [5, 5.41) is 11.0. The SMILES string of the molecule is CS(=O)(=O)OC[C@@]1(O)CCN2c3c(F)cc4c(=O)c(C(=O)OCc5ccccc5)cn(C5CC5)c4c3OC[C@H]2C1. The first kappa shape index (κ1) is 26.7. The smallest absolute Gasteiger partial charge is 0.343 e. The molecule has 0 amide bonds. The Morgan fingerprint density at radius 1 is 1.23 bits per heavy atom. The van der Waals surface area contributed by atoms with Crippen molar-refractivity contribution in [3.63, 3.8) is 0 Å². The molecular weight excluding hydrogens is 543 g/mol. The van der Waals surface area contributed by atoms with Gasteiger partial charge in [0.25, 0.3) is 10.1 Å². The molecule has 1 aromatic heterocycles. The number of fused-ring (bicyclic) bond motifs is 5. The van der Waals surface area contributed by atoms with Crippen molar-refractivity contribution in [3.8, 4) is 5.75 Å². The summed E-state index contributed by atoms with van der Waals surface area (Å²) in [5.74, 6) is -1.24. The third kappa shape index (κ3) is 5.06. The lowest BCUT2D eigenvalue weighted by atomic mass is 9.86. The first-order valence-electron chi connectivity index (χ1n) is 13.1. The number of benzene rings is 2. The number of rotatable bonds is 7. The van der Waals surface area contributed by atoms with E-state index in [1.54, 1.807) is 4.90 Å². The standard InChI is InChI=1S/C28H29FN2O8S/c1-40(35,36)39-16-28(34)9-10-30-19(12-28)15-37-26-23-20(11-22(29)24(26)30)25(32)21(13-31(23)18-7-8-18)27(33)38-14-17-5-3-2-4-6-17/h2-6,11,13,18-19,34H,7-10,12,14-16H2,1H3/t19-,28-/m1/s1. The molecule has 3 aromatic rings. The van der Waals surface area contributed by atoms with Gasteiger partial charge < -0.3 is 24.0 Å². The van der Waals surface area contributed by atoms with Crippen LogP contribution >= 0.6 is 0 Å². The van der Waals surface area contributed by atoms with Gasteiger partial charge in [-0.25, -0.2) is 9.18 Å². The average molecular weight is 573 g/mol. The Bertz CT molecular complexity index is 1650. The normalized spacial score (nSPS) is 22.4. The summed E-state index contributed by atoms with van der Waals surface area (Å²) in [6.45, 7) is -0.0785. The molecule has 40 heavy (non-hydrogen) atoms. The molecule has 1 saturated heterocycles. The van der Waals surface area contributed by atoms with Gasteiger partial charge in [0, 0.05) is 25.2 Å². The van der Waals surface area contributed by atoms with Crippen molar-refractivity contribution >= 4 is 32.7 Å².